The van der Waals surface area contributed by atoms with Crippen LogP contribution < -0.4 is 10.0 Å². The Morgan fingerprint density at radius 2 is 2.03 bits per heavy atom. The number of nitrogens with one attached hydrogen (secondary N) is 2. The molecule has 0 aromatic carbocycles. The number of ether oxygens (including phenoxy) is 2. The number of fused-ring (bicyclic) bond motifs is 1. The van der Waals surface area contributed by atoms with Gasteiger partial charge in [-0.15, -0.1) is 11.3 Å². The first-order valence-corrected chi connectivity index (χ1v) is 13.9. The SMILES string of the molecule is CCN[C@H]1CN(CCCOC)S(=O)(=O)c2sc(S(=O)(=O)NC(=O)[C@H](C)OC(=O)[C@H](C)O)cc21. The molecule has 0 spiro atoms. The van der Waals surface area contributed by atoms with Crippen LogP contribution in [0.4, 0.5) is 0 Å². The van der Waals surface area contributed by atoms with Crippen molar-refractivity contribution in [1.29, 1.82) is 0 Å². The van der Waals surface area contributed by atoms with Crippen molar-refractivity contribution >= 4 is 43.3 Å². The molecular formula is C18H29N3O9S3. The summed E-state index contributed by atoms with van der Waals surface area (Å²) in [6.45, 7) is 5.36. The van der Waals surface area contributed by atoms with Crippen molar-refractivity contribution in [2.45, 2.75) is 53.9 Å². The zero-order chi connectivity index (χ0) is 25.0. The van der Waals surface area contributed by atoms with Gasteiger partial charge >= 0.3 is 5.97 Å². The van der Waals surface area contributed by atoms with Gasteiger partial charge in [0.25, 0.3) is 26.0 Å². The summed E-state index contributed by atoms with van der Waals surface area (Å²) in [6, 6.07) is 0.803. The number of carbonyl (C=O) groups is 2. The predicted molar refractivity (Wildman–Crippen MR) is 119 cm³/mol. The second kappa shape index (κ2) is 11.2. The monoisotopic (exact) mass is 527 g/mol. The summed E-state index contributed by atoms with van der Waals surface area (Å²) in [7, 11) is -6.87. The van der Waals surface area contributed by atoms with Crippen LogP contribution in [0.1, 0.15) is 38.8 Å². The van der Waals surface area contributed by atoms with E-state index in [1.165, 1.54) is 17.5 Å². The molecule has 0 bridgehead atoms. The molecule has 3 N–H and O–H groups in total. The minimum Gasteiger partial charge on any atom is -0.451 e. The molecule has 33 heavy (non-hydrogen) atoms. The van der Waals surface area contributed by atoms with Gasteiger partial charge in [-0.25, -0.2) is 26.4 Å². The molecule has 2 rings (SSSR count). The van der Waals surface area contributed by atoms with Gasteiger partial charge in [-0.05, 0) is 32.9 Å². The molecule has 0 fully saturated rings. The second-order valence-electron chi connectivity index (χ2n) is 7.35. The fraction of sp³-hybridized carbons (Fsp3) is 0.667. The molecule has 1 aliphatic rings. The first-order chi connectivity index (χ1) is 15.3. The van der Waals surface area contributed by atoms with E-state index in [1.54, 1.807) is 4.72 Å². The zero-order valence-corrected chi connectivity index (χ0v) is 21.2. The number of aliphatic hydroxyl groups is 1. The number of hydrogen-bond acceptors (Lipinski definition) is 11. The summed E-state index contributed by atoms with van der Waals surface area (Å²) >= 11 is 0.543. The zero-order valence-electron chi connectivity index (χ0n) is 18.7. The van der Waals surface area contributed by atoms with Crippen molar-refractivity contribution in [3.8, 4) is 0 Å². The molecule has 3 atom stereocenters. The Morgan fingerprint density at radius 3 is 2.61 bits per heavy atom. The van der Waals surface area contributed by atoms with Crippen LogP contribution in [-0.2, 0) is 39.1 Å². The number of amides is 1. The highest BCUT2D eigenvalue weighted by Gasteiger charge is 2.40. The summed E-state index contributed by atoms with van der Waals surface area (Å²) in [6.07, 6.45) is -2.51. The highest BCUT2D eigenvalue weighted by molar-refractivity contribution is 7.94. The summed E-state index contributed by atoms with van der Waals surface area (Å²) < 4.78 is 64.1. The lowest BCUT2D eigenvalue weighted by Crippen LogP contribution is -2.43. The second-order valence-corrected chi connectivity index (χ2v) is 12.4. The molecule has 2 heterocycles. The Morgan fingerprint density at radius 1 is 1.36 bits per heavy atom. The summed E-state index contributed by atoms with van der Waals surface area (Å²) in [4.78, 5) is 23.7. The van der Waals surface area contributed by atoms with Gasteiger partial charge in [0, 0.05) is 38.4 Å². The maximum atomic E-state index is 13.1. The Kier molecular flexibility index (Phi) is 9.38. The van der Waals surface area contributed by atoms with Crippen molar-refractivity contribution in [3.05, 3.63) is 11.6 Å². The third kappa shape index (κ3) is 6.49. The lowest BCUT2D eigenvalue weighted by atomic mass is 10.1. The lowest BCUT2D eigenvalue weighted by molar-refractivity contribution is -0.161. The number of esters is 1. The van der Waals surface area contributed by atoms with Gasteiger partial charge in [0.15, 0.2) is 6.10 Å². The quantitative estimate of drug-likeness (QED) is 0.253. The fourth-order valence-corrected chi connectivity index (χ4v) is 8.00. The standard InChI is InChI=1S/C18H29N3O9S3/c1-5-19-14-10-21(7-6-8-29-4)33(27,28)18-13(14)9-15(31-18)32(25,26)20-16(23)12(3)30-17(24)11(2)22/h9,11-12,14,19,22H,5-8,10H2,1-4H3,(H,20,23)/t11-,12-,14-/m0/s1. The van der Waals surface area contributed by atoms with E-state index >= 15 is 0 Å². The van der Waals surface area contributed by atoms with E-state index in [0.717, 1.165) is 13.8 Å². The van der Waals surface area contributed by atoms with Crippen LogP contribution in [0.25, 0.3) is 0 Å². The highest BCUT2D eigenvalue weighted by Crippen LogP contribution is 2.40. The molecule has 1 amide bonds. The van der Waals surface area contributed by atoms with Crippen molar-refractivity contribution in [3.63, 3.8) is 0 Å². The third-order valence-corrected chi connectivity index (χ3v) is 10.1. The van der Waals surface area contributed by atoms with E-state index in [-0.39, 0.29) is 21.5 Å². The van der Waals surface area contributed by atoms with Gasteiger partial charge in [0.1, 0.15) is 14.5 Å². The third-order valence-electron chi connectivity index (χ3n) is 4.75. The fourth-order valence-electron chi connectivity index (χ4n) is 3.07. The van der Waals surface area contributed by atoms with E-state index in [9.17, 15) is 26.4 Å². The summed E-state index contributed by atoms with van der Waals surface area (Å²) in [5, 5.41) is 12.3. The van der Waals surface area contributed by atoms with Crippen molar-refractivity contribution in [1.82, 2.24) is 14.3 Å². The maximum Gasteiger partial charge on any atom is 0.335 e. The molecule has 0 unspecified atom stereocenters. The first kappa shape index (κ1) is 27.6. The molecule has 1 aromatic heterocycles. The van der Waals surface area contributed by atoms with Crippen molar-refractivity contribution < 1.29 is 41.0 Å². The smallest absolute Gasteiger partial charge is 0.335 e. The average Bonchev–Trinajstić information content (AvgIpc) is 3.19. The van der Waals surface area contributed by atoms with Gasteiger partial charge < -0.3 is 19.9 Å². The van der Waals surface area contributed by atoms with E-state index < -0.39 is 50.2 Å². The number of nitrogens with zero attached hydrogens (tertiary/aromatic N) is 1. The van der Waals surface area contributed by atoms with E-state index in [0.29, 0.717) is 36.5 Å². The van der Waals surface area contributed by atoms with Crippen LogP contribution in [0, 0.1) is 0 Å². The number of carbonyl (C=O) groups excluding carboxylic acids is 2. The molecular weight excluding hydrogens is 498 g/mol. The lowest BCUT2D eigenvalue weighted by Gasteiger charge is -2.32. The van der Waals surface area contributed by atoms with Gasteiger partial charge in [0.05, 0.1) is 0 Å². The average molecular weight is 528 g/mol. The number of likely N-dealkylation sites (N-methyl/N-ethyl adjacent to an activating group) is 1. The molecule has 1 aromatic rings. The Balaban J connectivity index is 2.32. The molecule has 12 nitrogen and oxygen atoms in total. The Hall–Kier alpha value is -1.62. The number of aliphatic hydroxyl groups excluding tert-OH is 1. The van der Waals surface area contributed by atoms with Crippen LogP contribution in [0.15, 0.2) is 14.5 Å². The number of hydrogen-bond donors (Lipinski definition) is 3. The summed E-state index contributed by atoms with van der Waals surface area (Å²) in [5.41, 5.74) is 0.311. The van der Waals surface area contributed by atoms with Crippen LogP contribution >= 0.6 is 11.3 Å². The first-order valence-electron chi connectivity index (χ1n) is 10.2. The molecule has 0 radical (unpaired) electrons. The Labute approximate surface area is 197 Å². The minimum absolute atomic E-state index is 0.112. The molecule has 15 heteroatoms. The predicted octanol–water partition coefficient (Wildman–Crippen LogP) is -0.443. The molecule has 1 aliphatic heterocycles. The van der Waals surface area contributed by atoms with Gasteiger partial charge in [-0.3, -0.25) is 4.79 Å². The van der Waals surface area contributed by atoms with Gasteiger partial charge in [-0.1, -0.05) is 6.92 Å². The molecule has 0 aliphatic carbocycles. The topological polar surface area (TPSA) is 168 Å². The van der Waals surface area contributed by atoms with Gasteiger partial charge in [-0.2, -0.15) is 4.31 Å². The van der Waals surface area contributed by atoms with Gasteiger partial charge in [0.2, 0.25) is 0 Å². The highest BCUT2D eigenvalue weighted by atomic mass is 32.3. The number of rotatable bonds is 11. The van der Waals surface area contributed by atoms with Crippen LogP contribution in [0.5, 0.6) is 0 Å². The van der Waals surface area contributed by atoms with E-state index in [2.05, 4.69) is 5.32 Å². The number of thiophene rings is 1. The maximum absolute atomic E-state index is 13.1. The van der Waals surface area contributed by atoms with Crippen LogP contribution in [-0.4, -0.2) is 83.7 Å². The molecule has 188 valence electrons. The normalized spacial score (nSPS) is 20.0. The van der Waals surface area contributed by atoms with Crippen LogP contribution in [0.3, 0.4) is 0 Å². The van der Waals surface area contributed by atoms with Crippen molar-refractivity contribution in [2.75, 3.05) is 33.4 Å². The minimum atomic E-state index is -4.45. The van der Waals surface area contributed by atoms with E-state index in [1.807, 2.05) is 6.92 Å². The molecule has 0 saturated carbocycles. The number of methoxy groups -OCH3 is 1. The Bertz CT molecular complexity index is 1070. The summed E-state index contributed by atoms with van der Waals surface area (Å²) in [5.74, 6) is -2.22. The largest absolute Gasteiger partial charge is 0.451 e. The number of sulfonamides is 2. The van der Waals surface area contributed by atoms with E-state index in [4.69, 9.17) is 14.6 Å². The van der Waals surface area contributed by atoms with Crippen molar-refractivity contribution in [2.24, 2.45) is 0 Å². The molecule has 0 saturated heterocycles. The van der Waals surface area contributed by atoms with Crippen LogP contribution in [0.2, 0.25) is 0 Å².